The molecular formula is C16H17BrOS. The molecule has 0 saturated heterocycles. The number of benzene rings is 1. The van der Waals surface area contributed by atoms with Gasteiger partial charge in [-0.15, -0.1) is 11.3 Å². The topological polar surface area (TPSA) is 9.23 Å². The predicted molar refractivity (Wildman–Crippen MR) is 84.8 cm³/mol. The molecule has 1 unspecified atom stereocenters. The highest BCUT2D eigenvalue weighted by Gasteiger charge is 2.32. The molecule has 2 heterocycles. The van der Waals surface area contributed by atoms with Crippen LogP contribution in [0.5, 0.6) is 5.75 Å². The van der Waals surface area contributed by atoms with Gasteiger partial charge >= 0.3 is 0 Å². The molecule has 0 amide bonds. The second-order valence-corrected chi connectivity index (χ2v) is 7.62. The van der Waals surface area contributed by atoms with E-state index in [1.165, 1.54) is 21.6 Å². The van der Waals surface area contributed by atoms with Gasteiger partial charge in [0.25, 0.3) is 0 Å². The van der Waals surface area contributed by atoms with Crippen LogP contribution in [0.1, 0.15) is 40.2 Å². The van der Waals surface area contributed by atoms with Gasteiger partial charge in [-0.2, -0.15) is 0 Å². The van der Waals surface area contributed by atoms with Crippen molar-refractivity contribution in [2.24, 2.45) is 0 Å². The van der Waals surface area contributed by atoms with E-state index >= 15 is 0 Å². The Morgan fingerprint density at radius 2 is 2.11 bits per heavy atom. The highest BCUT2D eigenvalue weighted by Crippen LogP contribution is 2.43. The summed E-state index contributed by atoms with van der Waals surface area (Å²) in [6, 6.07) is 8.74. The maximum atomic E-state index is 5.75. The third-order valence-corrected chi connectivity index (χ3v) is 6.12. The van der Waals surface area contributed by atoms with Gasteiger partial charge < -0.3 is 4.74 Å². The fraction of sp³-hybridized carbons (Fsp3) is 0.375. The fourth-order valence-electron chi connectivity index (χ4n) is 2.49. The molecule has 2 aromatic rings. The molecule has 3 rings (SSSR count). The molecule has 0 saturated carbocycles. The van der Waals surface area contributed by atoms with Crippen molar-refractivity contribution in [3.8, 4) is 5.75 Å². The number of aryl methyl sites for hydroxylation is 1. The maximum Gasteiger partial charge on any atom is 0.123 e. The summed E-state index contributed by atoms with van der Waals surface area (Å²) in [5.74, 6) is 1.04. The molecule has 0 fully saturated rings. The highest BCUT2D eigenvalue weighted by molar-refractivity contribution is 9.09. The van der Waals surface area contributed by atoms with Crippen LogP contribution in [-0.4, -0.2) is 6.61 Å². The first-order chi connectivity index (χ1) is 8.99. The summed E-state index contributed by atoms with van der Waals surface area (Å²) >= 11 is 5.65. The molecule has 0 N–H and O–H groups in total. The Morgan fingerprint density at radius 3 is 2.79 bits per heavy atom. The largest absolute Gasteiger partial charge is 0.492 e. The van der Waals surface area contributed by atoms with Crippen LogP contribution in [0.3, 0.4) is 0 Å². The number of hydrogen-bond acceptors (Lipinski definition) is 2. The Balaban J connectivity index is 2.02. The fourth-order valence-corrected chi connectivity index (χ4v) is 4.39. The zero-order chi connectivity index (χ0) is 13.6. The van der Waals surface area contributed by atoms with Crippen LogP contribution in [-0.2, 0) is 5.41 Å². The second-order valence-electron chi connectivity index (χ2n) is 5.76. The normalized spacial score (nSPS) is 17.9. The summed E-state index contributed by atoms with van der Waals surface area (Å²) in [7, 11) is 0. The van der Waals surface area contributed by atoms with Gasteiger partial charge in [0.05, 0.1) is 11.4 Å². The summed E-state index contributed by atoms with van der Waals surface area (Å²) in [6.07, 6.45) is 0. The first-order valence-electron chi connectivity index (χ1n) is 6.44. The van der Waals surface area contributed by atoms with Crippen molar-refractivity contribution < 1.29 is 4.74 Å². The van der Waals surface area contributed by atoms with Crippen molar-refractivity contribution in [3.63, 3.8) is 0 Å². The molecule has 1 aliphatic heterocycles. The number of hydrogen-bond donors (Lipinski definition) is 0. The molecule has 0 radical (unpaired) electrons. The van der Waals surface area contributed by atoms with E-state index in [2.05, 4.69) is 66.3 Å². The summed E-state index contributed by atoms with van der Waals surface area (Å²) in [5.41, 5.74) is 4.09. The van der Waals surface area contributed by atoms with E-state index in [0.29, 0.717) is 0 Å². The molecule has 0 aliphatic carbocycles. The lowest BCUT2D eigenvalue weighted by Crippen LogP contribution is -2.18. The van der Waals surface area contributed by atoms with E-state index in [9.17, 15) is 0 Å². The van der Waals surface area contributed by atoms with E-state index in [4.69, 9.17) is 4.74 Å². The Labute approximate surface area is 126 Å². The summed E-state index contributed by atoms with van der Waals surface area (Å²) < 4.78 is 5.75. The molecule has 19 heavy (non-hydrogen) atoms. The quantitative estimate of drug-likeness (QED) is 0.684. The number of alkyl halides is 1. The molecule has 1 nitrogen and oxygen atoms in total. The lowest BCUT2D eigenvalue weighted by atomic mass is 9.86. The van der Waals surface area contributed by atoms with Gasteiger partial charge in [-0.05, 0) is 41.6 Å². The molecule has 100 valence electrons. The first kappa shape index (κ1) is 13.2. The predicted octanol–water partition coefficient (Wildman–Crippen LogP) is 5.21. The highest BCUT2D eigenvalue weighted by atomic mass is 79.9. The monoisotopic (exact) mass is 336 g/mol. The van der Waals surface area contributed by atoms with Crippen molar-refractivity contribution in [2.75, 3.05) is 6.61 Å². The van der Waals surface area contributed by atoms with Crippen molar-refractivity contribution in [1.82, 2.24) is 0 Å². The molecule has 1 aliphatic rings. The van der Waals surface area contributed by atoms with Gasteiger partial charge in [-0.25, -0.2) is 0 Å². The molecular weight excluding hydrogens is 320 g/mol. The average molecular weight is 337 g/mol. The average Bonchev–Trinajstić information content (AvgIpc) is 2.93. The van der Waals surface area contributed by atoms with Crippen molar-refractivity contribution in [2.45, 2.75) is 31.0 Å². The Kier molecular flexibility index (Phi) is 3.22. The Bertz CT molecular complexity index is 615. The summed E-state index contributed by atoms with van der Waals surface area (Å²) in [5, 5.41) is 2.15. The Hall–Kier alpha value is -0.800. The van der Waals surface area contributed by atoms with Crippen LogP contribution >= 0.6 is 27.3 Å². The minimum Gasteiger partial charge on any atom is -0.492 e. The molecule has 1 aromatic carbocycles. The standard InChI is InChI=1S/C16H17BrOS/c1-10-6-7-19-15(10)14(17)11-4-5-13-12(8-11)16(2,3)9-18-13/h4-8,14H,9H2,1-3H3. The van der Waals surface area contributed by atoms with Crippen LogP contribution < -0.4 is 4.74 Å². The van der Waals surface area contributed by atoms with E-state index in [-0.39, 0.29) is 10.2 Å². The molecule has 3 heteroatoms. The number of rotatable bonds is 2. The number of fused-ring (bicyclic) bond motifs is 1. The maximum absolute atomic E-state index is 5.75. The van der Waals surface area contributed by atoms with Gasteiger partial charge in [-0.3, -0.25) is 0 Å². The second kappa shape index (κ2) is 4.64. The lowest BCUT2D eigenvalue weighted by Gasteiger charge is -2.17. The van der Waals surface area contributed by atoms with Crippen LogP contribution in [0.4, 0.5) is 0 Å². The van der Waals surface area contributed by atoms with E-state index in [1.807, 2.05) is 11.3 Å². The third kappa shape index (κ3) is 2.23. The zero-order valence-corrected chi connectivity index (χ0v) is 13.8. The minimum absolute atomic E-state index is 0.114. The van der Waals surface area contributed by atoms with Crippen LogP contribution in [0.2, 0.25) is 0 Å². The van der Waals surface area contributed by atoms with Gasteiger partial charge in [0, 0.05) is 15.9 Å². The van der Waals surface area contributed by atoms with Gasteiger partial charge in [0.2, 0.25) is 0 Å². The molecule has 1 atom stereocenters. The lowest BCUT2D eigenvalue weighted by molar-refractivity contribution is 0.291. The van der Waals surface area contributed by atoms with Gasteiger partial charge in [0.1, 0.15) is 5.75 Å². The smallest absolute Gasteiger partial charge is 0.123 e. The minimum atomic E-state index is 0.114. The van der Waals surface area contributed by atoms with Crippen molar-refractivity contribution in [1.29, 1.82) is 0 Å². The van der Waals surface area contributed by atoms with Crippen molar-refractivity contribution >= 4 is 27.3 Å². The SMILES string of the molecule is Cc1ccsc1C(Br)c1ccc2c(c1)C(C)(C)CO2. The molecule has 0 bridgehead atoms. The van der Waals surface area contributed by atoms with Crippen LogP contribution in [0.25, 0.3) is 0 Å². The van der Waals surface area contributed by atoms with Gasteiger partial charge in [-0.1, -0.05) is 35.8 Å². The van der Waals surface area contributed by atoms with Crippen molar-refractivity contribution in [3.05, 3.63) is 51.2 Å². The van der Waals surface area contributed by atoms with E-state index in [0.717, 1.165) is 12.4 Å². The number of halogens is 1. The number of ether oxygens (including phenoxy) is 1. The molecule has 0 spiro atoms. The first-order valence-corrected chi connectivity index (χ1v) is 8.24. The van der Waals surface area contributed by atoms with E-state index in [1.54, 1.807) is 0 Å². The zero-order valence-electron chi connectivity index (χ0n) is 11.4. The molecule has 1 aromatic heterocycles. The Morgan fingerprint density at radius 1 is 1.32 bits per heavy atom. The van der Waals surface area contributed by atoms with Gasteiger partial charge in [0.15, 0.2) is 0 Å². The van der Waals surface area contributed by atoms with Crippen LogP contribution in [0, 0.1) is 6.92 Å². The summed E-state index contributed by atoms with van der Waals surface area (Å²) in [4.78, 5) is 1.66. The van der Waals surface area contributed by atoms with Crippen LogP contribution in [0.15, 0.2) is 29.6 Å². The third-order valence-electron chi connectivity index (χ3n) is 3.75. The summed E-state index contributed by atoms with van der Waals surface area (Å²) in [6.45, 7) is 7.42. The van der Waals surface area contributed by atoms with E-state index < -0.39 is 0 Å². The number of thiophene rings is 1.